The Labute approximate surface area is 112 Å². The van der Waals surface area contributed by atoms with E-state index in [4.69, 9.17) is 27.9 Å². The molecule has 1 aromatic rings. The van der Waals surface area contributed by atoms with Gasteiger partial charge in [0.05, 0.1) is 28.3 Å². The second-order valence-electron chi connectivity index (χ2n) is 4.47. The van der Waals surface area contributed by atoms with Crippen LogP contribution in [0, 0.1) is 0 Å². The van der Waals surface area contributed by atoms with Crippen LogP contribution < -0.4 is 5.32 Å². The highest BCUT2D eigenvalue weighted by molar-refractivity contribution is 6.42. The molecular weight excluding hydrogens is 257 g/mol. The van der Waals surface area contributed by atoms with Crippen LogP contribution in [0.5, 0.6) is 0 Å². The standard InChI is InChI=1S/C13H17Cl2NO/c1-8-6-7-11(17-8)13(16-2)9-4-3-5-10(14)12(9)15/h3-5,8,11,13,16H,6-7H2,1-2H3. The second kappa shape index (κ2) is 5.57. The molecule has 1 aliphatic heterocycles. The van der Waals surface area contributed by atoms with Gasteiger partial charge in [-0.2, -0.15) is 0 Å². The zero-order chi connectivity index (χ0) is 12.4. The van der Waals surface area contributed by atoms with Crippen LogP contribution in [-0.2, 0) is 4.74 Å². The smallest absolute Gasteiger partial charge is 0.0774 e. The van der Waals surface area contributed by atoms with E-state index in [2.05, 4.69) is 12.2 Å². The molecule has 0 aromatic heterocycles. The van der Waals surface area contributed by atoms with Crippen molar-refractivity contribution in [1.82, 2.24) is 5.32 Å². The fraction of sp³-hybridized carbons (Fsp3) is 0.538. The quantitative estimate of drug-likeness (QED) is 0.904. The molecule has 4 heteroatoms. The molecule has 0 amide bonds. The van der Waals surface area contributed by atoms with Gasteiger partial charge in [-0.25, -0.2) is 0 Å². The minimum Gasteiger partial charge on any atom is -0.373 e. The monoisotopic (exact) mass is 273 g/mol. The van der Waals surface area contributed by atoms with Crippen LogP contribution in [0.3, 0.4) is 0 Å². The lowest BCUT2D eigenvalue weighted by Gasteiger charge is -2.24. The first-order valence-corrected chi connectivity index (χ1v) is 6.65. The lowest BCUT2D eigenvalue weighted by atomic mass is 9.99. The number of likely N-dealkylation sites (N-methyl/N-ethyl adjacent to an activating group) is 1. The highest BCUT2D eigenvalue weighted by Crippen LogP contribution is 2.35. The molecule has 2 rings (SSSR count). The third-order valence-electron chi connectivity index (χ3n) is 3.26. The van der Waals surface area contributed by atoms with Crippen molar-refractivity contribution in [3.05, 3.63) is 33.8 Å². The summed E-state index contributed by atoms with van der Waals surface area (Å²) in [5, 5.41) is 4.50. The predicted molar refractivity (Wildman–Crippen MR) is 71.8 cm³/mol. The highest BCUT2D eigenvalue weighted by Gasteiger charge is 2.31. The molecule has 1 aliphatic rings. The van der Waals surface area contributed by atoms with Gasteiger partial charge in [0.25, 0.3) is 0 Å². The number of nitrogens with one attached hydrogen (secondary N) is 1. The molecule has 94 valence electrons. The summed E-state index contributed by atoms with van der Waals surface area (Å²) >= 11 is 12.3. The molecule has 17 heavy (non-hydrogen) atoms. The Hall–Kier alpha value is -0.280. The number of halogens is 2. The molecule has 1 aromatic carbocycles. The van der Waals surface area contributed by atoms with Gasteiger partial charge in [0.2, 0.25) is 0 Å². The third kappa shape index (κ3) is 2.76. The minimum atomic E-state index is 0.103. The Morgan fingerprint density at radius 2 is 2.12 bits per heavy atom. The van der Waals surface area contributed by atoms with Gasteiger partial charge >= 0.3 is 0 Å². The first kappa shape index (κ1) is 13.2. The third-order valence-corrected chi connectivity index (χ3v) is 4.10. The zero-order valence-electron chi connectivity index (χ0n) is 10.0. The minimum absolute atomic E-state index is 0.103. The maximum Gasteiger partial charge on any atom is 0.0774 e. The van der Waals surface area contributed by atoms with Gasteiger partial charge in [-0.3, -0.25) is 0 Å². The molecule has 0 saturated carbocycles. The normalized spacial score (nSPS) is 26.1. The van der Waals surface area contributed by atoms with Gasteiger partial charge in [-0.15, -0.1) is 0 Å². The van der Waals surface area contributed by atoms with Crippen molar-refractivity contribution in [3.63, 3.8) is 0 Å². The molecule has 2 nitrogen and oxygen atoms in total. The Kier molecular flexibility index (Phi) is 4.31. The zero-order valence-corrected chi connectivity index (χ0v) is 11.6. The largest absolute Gasteiger partial charge is 0.373 e. The second-order valence-corrected chi connectivity index (χ2v) is 5.26. The Morgan fingerprint density at radius 3 is 2.71 bits per heavy atom. The van der Waals surface area contributed by atoms with Crippen LogP contribution in [0.4, 0.5) is 0 Å². The maximum atomic E-state index is 6.25. The van der Waals surface area contributed by atoms with Crippen molar-refractivity contribution >= 4 is 23.2 Å². The van der Waals surface area contributed by atoms with Gasteiger partial charge < -0.3 is 10.1 Å². The number of rotatable bonds is 3. The van der Waals surface area contributed by atoms with Crippen molar-refractivity contribution in [2.24, 2.45) is 0 Å². The summed E-state index contributed by atoms with van der Waals surface area (Å²) in [6.07, 6.45) is 2.65. The highest BCUT2D eigenvalue weighted by atomic mass is 35.5. The SMILES string of the molecule is CNC(c1cccc(Cl)c1Cl)C1CCC(C)O1. The summed E-state index contributed by atoms with van der Waals surface area (Å²) in [6, 6.07) is 5.83. The average Bonchev–Trinajstić information content (AvgIpc) is 2.72. The van der Waals surface area contributed by atoms with E-state index in [-0.39, 0.29) is 12.1 Å². The molecule has 3 unspecified atom stereocenters. The van der Waals surface area contributed by atoms with Gasteiger partial charge in [0, 0.05) is 0 Å². The van der Waals surface area contributed by atoms with Gasteiger partial charge in [-0.1, -0.05) is 35.3 Å². The summed E-state index contributed by atoms with van der Waals surface area (Å²) in [4.78, 5) is 0. The van der Waals surface area contributed by atoms with Crippen molar-refractivity contribution in [2.75, 3.05) is 7.05 Å². The van der Waals surface area contributed by atoms with E-state index in [9.17, 15) is 0 Å². The molecule has 1 fully saturated rings. The molecule has 1 heterocycles. The average molecular weight is 274 g/mol. The molecule has 0 radical (unpaired) electrons. The van der Waals surface area contributed by atoms with Crippen LogP contribution >= 0.6 is 23.2 Å². The Balaban J connectivity index is 2.26. The summed E-state index contributed by atoms with van der Waals surface area (Å²) in [7, 11) is 1.92. The Morgan fingerprint density at radius 1 is 1.35 bits per heavy atom. The van der Waals surface area contributed by atoms with Crippen LogP contribution in [-0.4, -0.2) is 19.3 Å². The number of benzene rings is 1. The lowest BCUT2D eigenvalue weighted by Crippen LogP contribution is -2.29. The van der Waals surface area contributed by atoms with Crippen LogP contribution in [0.15, 0.2) is 18.2 Å². The van der Waals surface area contributed by atoms with E-state index in [1.54, 1.807) is 6.07 Å². The number of ether oxygens (including phenoxy) is 1. The van der Waals surface area contributed by atoms with Crippen LogP contribution in [0.1, 0.15) is 31.4 Å². The van der Waals surface area contributed by atoms with Crippen molar-refractivity contribution in [3.8, 4) is 0 Å². The first-order valence-electron chi connectivity index (χ1n) is 5.90. The number of hydrogen-bond acceptors (Lipinski definition) is 2. The first-order chi connectivity index (χ1) is 8.13. The van der Waals surface area contributed by atoms with Gasteiger partial charge in [-0.05, 0) is 38.4 Å². The van der Waals surface area contributed by atoms with E-state index in [1.807, 2.05) is 19.2 Å². The molecule has 3 atom stereocenters. The fourth-order valence-electron chi connectivity index (χ4n) is 2.38. The molecule has 0 aliphatic carbocycles. The van der Waals surface area contributed by atoms with Crippen molar-refractivity contribution in [2.45, 2.75) is 38.0 Å². The maximum absolute atomic E-state index is 6.25. The topological polar surface area (TPSA) is 21.3 Å². The number of hydrogen-bond donors (Lipinski definition) is 1. The van der Waals surface area contributed by atoms with Gasteiger partial charge in [0.1, 0.15) is 0 Å². The van der Waals surface area contributed by atoms with E-state index in [0.29, 0.717) is 16.1 Å². The van der Waals surface area contributed by atoms with E-state index in [1.165, 1.54) is 0 Å². The van der Waals surface area contributed by atoms with Gasteiger partial charge in [0.15, 0.2) is 0 Å². The predicted octanol–water partition coefficient (Wildman–Crippen LogP) is 3.82. The summed E-state index contributed by atoms with van der Waals surface area (Å²) < 4.78 is 5.90. The molecular formula is C13H17Cl2NO. The Bertz CT molecular complexity index is 397. The van der Waals surface area contributed by atoms with Crippen LogP contribution in [0.2, 0.25) is 10.0 Å². The molecule has 1 N–H and O–H groups in total. The summed E-state index contributed by atoms with van der Waals surface area (Å²) in [5.41, 5.74) is 1.01. The van der Waals surface area contributed by atoms with Crippen molar-refractivity contribution < 1.29 is 4.74 Å². The lowest BCUT2D eigenvalue weighted by molar-refractivity contribution is 0.0333. The molecule has 0 spiro atoms. The molecule has 1 saturated heterocycles. The fourth-order valence-corrected chi connectivity index (χ4v) is 2.81. The van der Waals surface area contributed by atoms with Crippen molar-refractivity contribution in [1.29, 1.82) is 0 Å². The van der Waals surface area contributed by atoms with E-state index in [0.717, 1.165) is 18.4 Å². The van der Waals surface area contributed by atoms with E-state index < -0.39 is 0 Å². The summed E-state index contributed by atoms with van der Waals surface area (Å²) in [6.45, 7) is 2.10. The molecule has 0 bridgehead atoms. The summed E-state index contributed by atoms with van der Waals surface area (Å²) in [5.74, 6) is 0. The van der Waals surface area contributed by atoms with Crippen LogP contribution in [0.25, 0.3) is 0 Å². The van der Waals surface area contributed by atoms with E-state index >= 15 is 0 Å².